The third-order valence-corrected chi connectivity index (χ3v) is 4.54. The van der Waals surface area contributed by atoms with Gasteiger partial charge in [-0.1, -0.05) is 13.8 Å². The molecule has 2 rings (SSSR count). The number of rotatable bonds is 4. The normalized spacial score (nSPS) is 16.4. The van der Waals surface area contributed by atoms with Crippen LogP contribution in [0.15, 0.2) is 0 Å². The lowest BCUT2D eigenvalue weighted by molar-refractivity contribution is -0.120. The van der Waals surface area contributed by atoms with Crippen molar-refractivity contribution in [3.05, 3.63) is 10.6 Å². The van der Waals surface area contributed by atoms with E-state index < -0.39 is 0 Å². The molecule has 1 unspecified atom stereocenters. The molecule has 1 aromatic rings. The van der Waals surface area contributed by atoms with Gasteiger partial charge in [-0.3, -0.25) is 4.79 Å². The molecular weight excluding hydrogens is 246 g/mol. The van der Waals surface area contributed by atoms with Crippen molar-refractivity contribution in [2.75, 3.05) is 11.9 Å². The van der Waals surface area contributed by atoms with Gasteiger partial charge in [0.2, 0.25) is 5.91 Å². The number of nitrogens with two attached hydrogens (primary N) is 1. The first-order valence-corrected chi connectivity index (χ1v) is 7.43. The fourth-order valence-electron chi connectivity index (χ4n) is 2.29. The number of amides is 1. The number of carbonyl (C=O) groups excluding carboxylic acids is 1. The highest BCUT2D eigenvalue weighted by atomic mass is 32.1. The van der Waals surface area contributed by atoms with E-state index in [1.165, 1.54) is 23.4 Å². The van der Waals surface area contributed by atoms with Crippen molar-refractivity contribution in [1.29, 1.82) is 0 Å². The molecule has 18 heavy (non-hydrogen) atoms. The maximum Gasteiger partial charge on any atom is 0.230 e. The van der Waals surface area contributed by atoms with Crippen LogP contribution in [0.25, 0.3) is 0 Å². The number of aromatic nitrogens is 1. The molecule has 5 heteroatoms. The summed E-state index contributed by atoms with van der Waals surface area (Å²) in [5.41, 5.74) is 6.82. The molecular formula is C13H21N3OS. The molecule has 0 spiro atoms. The molecule has 1 atom stereocenters. The standard InChI is InChI=1S/C13H21N3OS/c1-8(2)9(7-14)12(17)16-13-15-10-5-3-4-6-11(10)18-13/h8-9H,3-7,14H2,1-2H3,(H,15,16,17). The zero-order valence-corrected chi connectivity index (χ0v) is 11.8. The number of thiazole rings is 1. The van der Waals surface area contributed by atoms with E-state index in [0.717, 1.165) is 18.0 Å². The molecule has 4 nitrogen and oxygen atoms in total. The van der Waals surface area contributed by atoms with Crippen LogP contribution in [-0.2, 0) is 17.6 Å². The van der Waals surface area contributed by atoms with E-state index >= 15 is 0 Å². The van der Waals surface area contributed by atoms with Gasteiger partial charge in [0.25, 0.3) is 0 Å². The lowest BCUT2D eigenvalue weighted by Crippen LogP contribution is -2.33. The molecule has 1 heterocycles. The topological polar surface area (TPSA) is 68.0 Å². The number of hydrogen-bond donors (Lipinski definition) is 2. The SMILES string of the molecule is CC(C)C(CN)C(=O)Nc1nc2c(s1)CCCC2. The smallest absolute Gasteiger partial charge is 0.230 e. The van der Waals surface area contributed by atoms with Crippen molar-refractivity contribution in [2.24, 2.45) is 17.6 Å². The highest BCUT2D eigenvalue weighted by Gasteiger charge is 2.22. The van der Waals surface area contributed by atoms with Crippen molar-refractivity contribution < 1.29 is 4.79 Å². The summed E-state index contributed by atoms with van der Waals surface area (Å²) in [5.74, 6) is 0.120. The Morgan fingerprint density at radius 3 is 2.78 bits per heavy atom. The number of aryl methyl sites for hydroxylation is 2. The maximum absolute atomic E-state index is 12.1. The van der Waals surface area contributed by atoms with Crippen LogP contribution in [0.5, 0.6) is 0 Å². The Morgan fingerprint density at radius 1 is 1.44 bits per heavy atom. The van der Waals surface area contributed by atoms with Gasteiger partial charge in [0, 0.05) is 11.4 Å². The van der Waals surface area contributed by atoms with Crippen LogP contribution in [-0.4, -0.2) is 17.4 Å². The lowest BCUT2D eigenvalue weighted by Gasteiger charge is -2.16. The quantitative estimate of drug-likeness (QED) is 0.878. The van der Waals surface area contributed by atoms with Gasteiger partial charge in [0.15, 0.2) is 5.13 Å². The van der Waals surface area contributed by atoms with Gasteiger partial charge in [-0.25, -0.2) is 4.98 Å². The third-order valence-electron chi connectivity index (χ3n) is 3.47. The van der Waals surface area contributed by atoms with Crippen LogP contribution >= 0.6 is 11.3 Å². The minimum atomic E-state index is -0.133. The van der Waals surface area contributed by atoms with Gasteiger partial charge < -0.3 is 11.1 Å². The van der Waals surface area contributed by atoms with E-state index in [2.05, 4.69) is 10.3 Å². The van der Waals surface area contributed by atoms with Gasteiger partial charge in [0.05, 0.1) is 11.6 Å². The lowest BCUT2D eigenvalue weighted by atomic mass is 9.95. The van der Waals surface area contributed by atoms with Crippen molar-refractivity contribution in [1.82, 2.24) is 4.98 Å². The number of nitrogens with one attached hydrogen (secondary N) is 1. The first-order valence-electron chi connectivity index (χ1n) is 6.61. The Kier molecular flexibility index (Phi) is 4.35. The summed E-state index contributed by atoms with van der Waals surface area (Å²) >= 11 is 1.62. The second kappa shape index (κ2) is 5.80. The van der Waals surface area contributed by atoms with Crippen molar-refractivity contribution in [3.63, 3.8) is 0 Å². The molecule has 0 aromatic carbocycles. The van der Waals surface area contributed by atoms with E-state index in [1.54, 1.807) is 11.3 Å². The zero-order valence-electron chi connectivity index (χ0n) is 11.0. The minimum absolute atomic E-state index is 0.00130. The first kappa shape index (κ1) is 13.5. The number of anilines is 1. The van der Waals surface area contributed by atoms with Gasteiger partial charge >= 0.3 is 0 Å². The Hall–Kier alpha value is -0.940. The Bertz CT molecular complexity index is 404. The second-order valence-electron chi connectivity index (χ2n) is 5.17. The number of nitrogens with zero attached hydrogens (tertiary/aromatic N) is 1. The highest BCUT2D eigenvalue weighted by molar-refractivity contribution is 7.15. The molecule has 0 radical (unpaired) electrons. The molecule has 1 aliphatic rings. The Balaban J connectivity index is 2.04. The van der Waals surface area contributed by atoms with Crippen LogP contribution in [0.4, 0.5) is 5.13 Å². The minimum Gasteiger partial charge on any atom is -0.330 e. The van der Waals surface area contributed by atoms with E-state index in [4.69, 9.17) is 5.73 Å². The summed E-state index contributed by atoms with van der Waals surface area (Å²) in [6, 6.07) is 0. The molecule has 0 aliphatic heterocycles. The average Bonchev–Trinajstić information content (AvgIpc) is 2.71. The molecule has 0 bridgehead atoms. The number of carbonyl (C=O) groups is 1. The van der Waals surface area contributed by atoms with Gasteiger partial charge in [0.1, 0.15) is 0 Å². The number of fused-ring (bicyclic) bond motifs is 1. The van der Waals surface area contributed by atoms with Crippen molar-refractivity contribution in [2.45, 2.75) is 39.5 Å². The number of hydrogen-bond acceptors (Lipinski definition) is 4. The third kappa shape index (κ3) is 2.90. The summed E-state index contributed by atoms with van der Waals surface area (Å²) in [7, 11) is 0. The molecule has 1 amide bonds. The van der Waals surface area contributed by atoms with Crippen LogP contribution in [0.2, 0.25) is 0 Å². The predicted molar refractivity (Wildman–Crippen MR) is 74.8 cm³/mol. The molecule has 0 fully saturated rings. The monoisotopic (exact) mass is 267 g/mol. The van der Waals surface area contributed by atoms with E-state index in [-0.39, 0.29) is 17.7 Å². The van der Waals surface area contributed by atoms with E-state index in [9.17, 15) is 4.79 Å². The molecule has 0 saturated heterocycles. The summed E-state index contributed by atoms with van der Waals surface area (Å²) in [5, 5.41) is 3.66. The van der Waals surface area contributed by atoms with Gasteiger partial charge in [-0.15, -0.1) is 11.3 Å². The van der Waals surface area contributed by atoms with Crippen molar-refractivity contribution in [3.8, 4) is 0 Å². The molecule has 1 aromatic heterocycles. The fraction of sp³-hybridized carbons (Fsp3) is 0.692. The average molecular weight is 267 g/mol. The van der Waals surface area contributed by atoms with Crippen LogP contribution in [0.3, 0.4) is 0 Å². The highest BCUT2D eigenvalue weighted by Crippen LogP contribution is 2.29. The molecule has 3 N–H and O–H groups in total. The summed E-state index contributed by atoms with van der Waals surface area (Å²) in [6.45, 7) is 4.42. The Morgan fingerprint density at radius 2 is 2.17 bits per heavy atom. The Labute approximate surface area is 112 Å². The van der Waals surface area contributed by atoms with Gasteiger partial charge in [-0.2, -0.15) is 0 Å². The second-order valence-corrected chi connectivity index (χ2v) is 6.26. The summed E-state index contributed by atoms with van der Waals surface area (Å²) in [6.07, 6.45) is 4.60. The predicted octanol–water partition coefficient (Wildman–Crippen LogP) is 2.19. The molecule has 1 aliphatic carbocycles. The molecule has 100 valence electrons. The largest absolute Gasteiger partial charge is 0.330 e. The van der Waals surface area contributed by atoms with E-state index in [0.29, 0.717) is 6.54 Å². The van der Waals surface area contributed by atoms with Crippen LogP contribution in [0, 0.1) is 11.8 Å². The molecule has 0 saturated carbocycles. The van der Waals surface area contributed by atoms with Gasteiger partial charge in [-0.05, 0) is 31.6 Å². The fourth-order valence-corrected chi connectivity index (χ4v) is 3.34. The first-order chi connectivity index (χ1) is 8.61. The maximum atomic E-state index is 12.1. The zero-order chi connectivity index (χ0) is 13.1. The van der Waals surface area contributed by atoms with E-state index in [1.807, 2.05) is 13.8 Å². The summed E-state index contributed by atoms with van der Waals surface area (Å²) < 4.78 is 0. The van der Waals surface area contributed by atoms with Crippen LogP contribution in [0.1, 0.15) is 37.3 Å². The summed E-state index contributed by atoms with van der Waals surface area (Å²) in [4.78, 5) is 17.9. The van der Waals surface area contributed by atoms with Crippen LogP contribution < -0.4 is 11.1 Å². The van der Waals surface area contributed by atoms with Crippen molar-refractivity contribution >= 4 is 22.4 Å².